The van der Waals surface area contributed by atoms with Crippen molar-refractivity contribution in [2.75, 3.05) is 0 Å². The lowest BCUT2D eigenvalue weighted by molar-refractivity contribution is -0.137. The van der Waals surface area contributed by atoms with Crippen LogP contribution in [0.2, 0.25) is 0 Å². The van der Waals surface area contributed by atoms with Gasteiger partial charge in [0.05, 0.1) is 6.26 Å². The van der Waals surface area contributed by atoms with Crippen molar-refractivity contribution in [3.8, 4) is 0 Å². The fourth-order valence-electron chi connectivity index (χ4n) is 0.159. The number of esters is 1. The molecule has 0 aromatic heterocycles. The van der Waals surface area contributed by atoms with Crippen molar-refractivity contribution < 1.29 is 9.53 Å². The Morgan fingerprint density at radius 2 is 2.57 bits per heavy atom. The van der Waals surface area contributed by atoms with E-state index in [9.17, 15) is 4.79 Å². The normalized spacial score (nSPS) is 7.57. The molecule has 0 bridgehead atoms. The van der Waals surface area contributed by atoms with Gasteiger partial charge in [-0.15, -0.1) is 0 Å². The SMILES string of the molecule is [CH]=COC(=O)CC. The van der Waals surface area contributed by atoms with Crippen LogP contribution in [-0.2, 0) is 9.53 Å². The van der Waals surface area contributed by atoms with Gasteiger partial charge in [-0.05, 0) is 6.58 Å². The first-order chi connectivity index (χ1) is 3.31. The van der Waals surface area contributed by atoms with Gasteiger partial charge in [-0.2, -0.15) is 0 Å². The Labute approximate surface area is 42.8 Å². The maximum atomic E-state index is 10.1. The van der Waals surface area contributed by atoms with E-state index in [1.54, 1.807) is 6.92 Å². The molecule has 0 aliphatic heterocycles. The van der Waals surface area contributed by atoms with Crippen molar-refractivity contribution in [2.24, 2.45) is 0 Å². The summed E-state index contributed by atoms with van der Waals surface area (Å²) in [6, 6.07) is 0. The summed E-state index contributed by atoms with van der Waals surface area (Å²) < 4.78 is 4.20. The number of carbonyl (C=O) groups is 1. The summed E-state index contributed by atoms with van der Waals surface area (Å²) in [6.07, 6.45) is 1.25. The Bertz CT molecular complexity index is 76.1. The van der Waals surface area contributed by atoms with Gasteiger partial charge in [0.25, 0.3) is 0 Å². The summed E-state index contributed by atoms with van der Waals surface area (Å²) in [5, 5.41) is 0. The zero-order chi connectivity index (χ0) is 5.70. The Kier molecular flexibility index (Phi) is 3.02. The lowest BCUT2D eigenvalue weighted by atomic mass is 10.5. The van der Waals surface area contributed by atoms with Gasteiger partial charge < -0.3 is 4.74 Å². The average molecular weight is 99.1 g/mol. The molecule has 0 aliphatic carbocycles. The van der Waals surface area contributed by atoms with Crippen molar-refractivity contribution in [2.45, 2.75) is 13.3 Å². The highest BCUT2D eigenvalue weighted by molar-refractivity contribution is 5.69. The highest BCUT2D eigenvalue weighted by Crippen LogP contribution is 1.81. The molecule has 0 N–H and O–H groups in total. The minimum Gasteiger partial charge on any atom is -0.434 e. The van der Waals surface area contributed by atoms with Gasteiger partial charge >= 0.3 is 5.97 Å². The molecule has 0 aromatic carbocycles. The molecular weight excluding hydrogens is 92.1 g/mol. The standard InChI is InChI=1S/C5H7O2/c1-3-5(6)7-4-2/h2,4H,3H2,1H3. The van der Waals surface area contributed by atoms with E-state index in [0.717, 1.165) is 6.26 Å². The molecule has 39 valence electrons. The fourth-order valence-corrected chi connectivity index (χ4v) is 0.159. The van der Waals surface area contributed by atoms with Crippen molar-refractivity contribution in [1.29, 1.82) is 0 Å². The van der Waals surface area contributed by atoms with Gasteiger partial charge in [0, 0.05) is 6.42 Å². The Balaban J connectivity index is 3.17. The van der Waals surface area contributed by atoms with Gasteiger partial charge in [0.1, 0.15) is 0 Å². The first-order valence-electron chi connectivity index (χ1n) is 2.04. The van der Waals surface area contributed by atoms with Crippen molar-refractivity contribution in [3.63, 3.8) is 0 Å². The Morgan fingerprint density at radius 1 is 2.00 bits per heavy atom. The van der Waals surface area contributed by atoms with Crippen molar-refractivity contribution >= 4 is 5.97 Å². The van der Waals surface area contributed by atoms with Crippen LogP contribution in [0.3, 0.4) is 0 Å². The summed E-state index contributed by atoms with van der Waals surface area (Å²) in [5.74, 6) is -0.303. The minimum absolute atomic E-state index is 0.303. The quantitative estimate of drug-likeness (QED) is 0.379. The lowest BCUT2D eigenvalue weighted by Gasteiger charge is -1.88. The van der Waals surface area contributed by atoms with Crippen LogP contribution < -0.4 is 0 Å². The molecule has 2 nitrogen and oxygen atoms in total. The number of hydrogen-bond donors (Lipinski definition) is 0. The molecule has 0 heterocycles. The molecule has 7 heavy (non-hydrogen) atoms. The molecular formula is C5H7O2. The zero-order valence-electron chi connectivity index (χ0n) is 4.18. The molecule has 0 unspecified atom stereocenters. The molecule has 0 spiro atoms. The second-order valence-corrected chi connectivity index (χ2v) is 0.979. The molecule has 1 radical (unpaired) electrons. The van der Waals surface area contributed by atoms with E-state index < -0.39 is 0 Å². The number of carbonyl (C=O) groups excluding carboxylic acids is 1. The van der Waals surface area contributed by atoms with Gasteiger partial charge in [0.2, 0.25) is 0 Å². The number of hydrogen-bond acceptors (Lipinski definition) is 2. The van der Waals surface area contributed by atoms with Crippen LogP contribution in [0.25, 0.3) is 0 Å². The maximum Gasteiger partial charge on any atom is 0.310 e. The third-order valence-corrected chi connectivity index (χ3v) is 0.488. The monoisotopic (exact) mass is 99.0 g/mol. The first-order valence-corrected chi connectivity index (χ1v) is 2.04. The van der Waals surface area contributed by atoms with Crippen molar-refractivity contribution in [3.05, 3.63) is 12.8 Å². The molecule has 0 aromatic rings. The third-order valence-electron chi connectivity index (χ3n) is 0.488. The van der Waals surface area contributed by atoms with Crippen LogP contribution in [-0.4, -0.2) is 5.97 Å². The largest absolute Gasteiger partial charge is 0.434 e. The van der Waals surface area contributed by atoms with Crippen molar-refractivity contribution in [1.82, 2.24) is 0 Å². The van der Waals surface area contributed by atoms with Crippen LogP contribution in [0.1, 0.15) is 13.3 Å². The molecule has 0 saturated carbocycles. The van der Waals surface area contributed by atoms with Crippen LogP contribution >= 0.6 is 0 Å². The zero-order valence-corrected chi connectivity index (χ0v) is 4.18. The summed E-state index contributed by atoms with van der Waals surface area (Å²) in [6.45, 7) is 6.44. The van der Waals surface area contributed by atoms with Crippen LogP contribution in [0.5, 0.6) is 0 Å². The van der Waals surface area contributed by atoms with Gasteiger partial charge in [-0.3, -0.25) is 4.79 Å². The predicted octanol–water partition coefficient (Wildman–Crippen LogP) is 0.886. The van der Waals surface area contributed by atoms with E-state index in [0.29, 0.717) is 6.42 Å². The summed E-state index contributed by atoms with van der Waals surface area (Å²) in [4.78, 5) is 10.1. The summed E-state index contributed by atoms with van der Waals surface area (Å²) >= 11 is 0. The highest BCUT2D eigenvalue weighted by atomic mass is 16.5. The van der Waals surface area contributed by atoms with Crippen LogP contribution in [0.15, 0.2) is 6.26 Å². The van der Waals surface area contributed by atoms with Crippen LogP contribution in [0.4, 0.5) is 0 Å². The number of ether oxygens (including phenoxy) is 1. The van der Waals surface area contributed by atoms with Gasteiger partial charge in [-0.25, -0.2) is 0 Å². The predicted molar refractivity (Wildman–Crippen MR) is 25.3 cm³/mol. The molecule has 0 atom stereocenters. The highest BCUT2D eigenvalue weighted by Gasteiger charge is 1.89. The van der Waals surface area contributed by atoms with E-state index in [4.69, 9.17) is 6.58 Å². The van der Waals surface area contributed by atoms with E-state index in [1.165, 1.54) is 0 Å². The summed E-state index contributed by atoms with van der Waals surface area (Å²) in [7, 11) is 0. The molecule has 0 rings (SSSR count). The molecule has 0 aliphatic rings. The van der Waals surface area contributed by atoms with Crippen LogP contribution in [0, 0.1) is 6.58 Å². The third kappa shape index (κ3) is 3.03. The number of rotatable bonds is 2. The molecule has 0 fully saturated rings. The fraction of sp³-hybridized carbons (Fsp3) is 0.400. The molecule has 0 amide bonds. The minimum atomic E-state index is -0.303. The summed E-state index contributed by atoms with van der Waals surface area (Å²) in [5.41, 5.74) is 0. The first kappa shape index (κ1) is 6.21. The second kappa shape index (κ2) is 3.40. The lowest BCUT2D eigenvalue weighted by Crippen LogP contribution is -1.94. The van der Waals surface area contributed by atoms with Gasteiger partial charge in [-0.1, -0.05) is 6.92 Å². The van der Waals surface area contributed by atoms with Gasteiger partial charge in [0.15, 0.2) is 0 Å². The van der Waals surface area contributed by atoms with E-state index in [-0.39, 0.29) is 5.97 Å². The van der Waals surface area contributed by atoms with E-state index in [2.05, 4.69) is 4.74 Å². The Hall–Kier alpha value is -0.790. The smallest absolute Gasteiger partial charge is 0.310 e. The van der Waals surface area contributed by atoms with E-state index >= 15 is 0 Å². The second-order valence-electron chi connectivity index (χ2n) is 0.979. The molecule has 2 heteroatoms. The topological polar surface area (TPSA) is 26.3 Å². The average Bonchev–Trinajstić information content (AvgIpc) is 1.68. The maximum absolute atomic E-state index is 10.1. The Morgan fingerprint density at radius 3 is 2.71 bits per heavy atom. The molecule has 0 saturated heterocycles. The van der Waals surface area contributed by atoms with E-state index in [1.807, 2.05) is 0 Å².